The number of aromatic nitrogens is 1. The summed E-state index contributed by atoms with van der Waals surface area (Å²) >= 11 is 0. The largest absolute Gasteiger partial charge is 0.478 e. The maximum Gasteiger partial charge on any atom is 0.345 e. The Morgan fingerprint density at radius 1 is 0.872 bits per heavy atom. The Balaban J connectivity index is 1.29. The van der Waals surface area contributed by atoms with Crippen molar-refractivity contribution in [3.05, 3.63) is 58.5 Å². The molecule has 0 atom stereocenters. The zero-order valence-electron chi connectivity index (χ0n) is 23.2. The topological polar surface area (TPSA) is 78.6 Å². The molecule has 0 unspecified atom stereocenters. The molecule has 0 aliphatic heterocycles. The molecule has 0 aliphatic rings. The number of pyridine rings is 1. The van der Waals surface area contributed by atoms with Crippen LogP contribution >= 0.6 is 0 Å². The second kappa shape index (κ2) is 14.8. The molecular formula is C31H39F2NO5. The van der Waals surface area contributed by atoms with Crippen LogP contribution in [0.25, 0.3) is 22.2 Å². The number of carbonyl (C=O) groups excluding carboxylic acids is 1. The van der Waals surface area contributed by atoms with E-state index in [4.69, 9.17) is 13.9 Å². The van der Waals surface area contributed by atoms with Gasteiger partial charge in [-0.25, -0.2) is 13.6 Å². The zero-order valence-corrected chi connectivity index (χ0v) is 23.2. The lowest BCUT2D eigenvalue weighted by Gasteiger charge is -2.20. The highest BCUT2D eigenvalue weighted by Gasteiger charge is 2.26. The number of fused-ring (bicyclic) bond motifs is 1. The molecule has 3 aromatic rings. The normalized spacial score (nSPS) is 11.6. The lowest BCUT2D eigenvalue weighted by atomic mass is 9.91. The van der Waals surface area contributed by atoms with Crippen LogP contribution in [0.1, 0.15) is 85.0 Å². The summed E-state index contributed by atoms with van der Waals surface area (Å²) in [4.78, 5) is 28.6. The van der Waals surface area contributed by atoms with Crippen molar-refractivity contribution >= 4 is 17.1 Å². The fraction of sp³-hybridized carbons (Fsp3) is 0.516. The van der Waals surface area contributed by atoms with Crippen LogP contribution in [0.15, 0.2) is 45.6 Å². The Bertz CT molecular complexity index is 1270. The number of ether oxygens (including phenoxy) is 2. The Morgan fingerprint density at radius 2 is 1.46 bits per heavy atom. The maximum atomic E-state index is 13.6. The van der Waals surface area contributed by atoms with E-state index in [1.165, 1.54) is 25.3 Å². The van der Waals surface area contributed by atoms with Gasteiger partial charge in [0.2, 0.25) is 11.6 Å². The van der Waals surface area contributed by atoms with Gasteiger partial charge in [0.25, 0.3) is 0 Å². The number of halogens is 2. The van der Waals surface area contributed by atoms with Crippen LogP contribution in [0, 0.1) is 17.0 Å². The molecule has 0 saturated carbocycles. The van der Waals surface area contributed by atoms with E-state index in [1.807, 2.05) is 20.8 Å². The molecule has 1 aromatic carbocycles. The maximum absolute atomic E-state index is 13.6. The van der Waals surface area contributed by atoms with Crippen molar-refractivity contribution < 1.29 is 27.5 Å². The monoisotopic (exact) mass is 543 g/mol. The minimum atomic E-state index is -0.769. The Morgan fingerprint density at radius 3 is 2.08 bits per heavy atom. The van der Waals surface area contributed by atoms with Crippen molar-refractivity contribution in [3.63, 3.8) is 0 Å². The third kappa shape index (κ3) is 9.44. The highest BCUT2D eigenvalue weighted by Crippen LogP contribution is 2.24. The first-order valence-electron chi connectivity index (χ1n) is 13.9. The highest BCUT2D eigenvalue weighted by molar-refractivity contribution is 5.79. The van der Waals surface area contributed by atoms with Gasteiger partial charge >= 0.3 is 11.6 Å². The molecule has 2 heterocycles. The van der Waals surface area contributed by atoms with E-state index in [0.29, 0.717) is 24.5 Å². The number of rotatable bonds is 16. The predicted molar refractivity (Wildman–Crippen MR) is 148 cm³/mol. The SMILES string of the molecule is CCC(C)(C)C(=O)OCCCCCCCCCCCOc1ccc2cc(-c3cc(F)cc(F)c3)c(=O)oc2n1. The van der Waals surface area contributed by atoms with E-state index >= 15 is 0 Å². The summed E-state index contributed by atoms with van der Waals surface area (Å²) in [5, 5.41) is 0.531. The first-order valence-corrected chi connectivity index (χ1v) is 13.9. The summed E-state index contributed by atoms with van der Waals surface area (Å²) in [7, 11) is 0. The molecule has 0 aliphatic carbocycles. The van der Waals surface area contributed by atoms with Gasteiger partial charge in [0.05, 0.1) is 24.2 Å². The number of benzene rings is 1. The summed E-state index contributed by atoms with van der Waals surface area (Å²) < 4.78 is 43.5. The summed E-state index contributed by atoms with van der Waals surface area (Å²) in [6, 6.07) is 7.82. The molecule has 0 saturated heterocycles. The van der Waals surface area contributed by atoms with E-state index in [-0.39, 0.29) is 22.8 Å². The first kappa shape index (κ1) is 30.3. The molecule has 6 nitrogen and oxygen atoms in total. The van der Waals surface area contributed by atoms with Gasteiger partial charge in [0.1, 0.15) is 11.6 Å². The average Bonchev–Trinajstić information content (AvgIpc) is 2.90. The van der Waals surface area contributed by atoms with Crippen molar-refractivity contribution in [1.29, 1.82) is 0 Å². The quantitative estimate of drug-likeness (QED) is 0.135. The number of hydrogen-bond acceptors (Lipinski definition) is 6. The Labute approximate surface area is 228 Å². The van der Waals surface area contributed by atoms with Crippen LogP contribution in [-0.2, 0) is 9.53 Å². The molecule has 212 valence electrons. The summed E-state index contributed by atoms with van der Waals surface area (Å²) in [6.07, 6.45) is 10.6. The standard InChI is InChI=1S/C31H39F2NO5/c1-4-31(2,3)30(36)38-17-13-11-9-7-5-6-8-10-12-16-37-27-15-14-22-20-26(29(35)39-28(22)34-27)23-18-24(32)21-25(33)19-23/h14-15,18-21H,4-13,16-17H2,1-3H3. The number of unbranched alkanes of at least 4 members (excludes halogenated alkanes) is 8. The van der Waals surface area contributed by atoms with Gasteiger partial charge in [-0.05, 0) is 62.9 Å². The van der Waals surface area contributed by atoms with E-state index in [2.05, 4.69) is 4.98 Å². The molecule has 0 spiro atoms. The fourth-order valence-corrected chi connectivity index (χ4v) is 4.10. The molecule has 3 rings (SSSR count). The van der Waals surface area contributed by atoms with Gasteiger partial charge in [0.15, 0.2) is 0 Å². The van der Waals surface area contributed by atoms with Crippen molar-refractivity contribution in [2.45, 2.75) is 85.0 Å². The molecule has 39 heavy (non-hydrogen) atoms. The van der Waals surface area contributed by atoms with Crippen molar-refractivity contribution in [3.8, 4) is 17.0 Å². The Hall–Kier alpha value is -3.29. The smallest absolute Gasteiger partial charge is 0.345 e. The van der Waals surface area contributed by atoms with Crippen molar-refractivity contribution in [2.75, 3.05) is 13.2 Å². The van der Waals surface area contributed by atoms with Crippen LogP contribution in [0.3, 0.4) is 0 Å². The van der Waals surface area contributed by atoms with Gasteiger partial charge < -0.3 is 13.9 Å². The van der Waals surface area contributed by atoms with E-state index < -0.39 is 22.7 Å². The first-order chi connectivity index (χ1) is 18.7. The minimum absolute atomic E-state index is 0.0633. The highest BCUT2D eigenvalue weighted by atomic mass is 19.1. The summed E-state index contributed by atoms with van der Waals surface area (Å²) in [6.45, 7) is 6.86. The van der Waals surface area contributed by atoms with Crippen molar-refractivity contribution in [1.82, 2.24) is 4.98 Å². The summed E-state index contributed by atoms with van der Waals surface area (Å²) in [5.74, 6) is -1.28. The molecule has 2 aromatic heterocycles. The average molecular weight is 544 g/mol. The lowest BCUT2D eigenvalue weighted by Crippen LogP contribution is -2.26. The predicted octanol–water partition coefficient (Wildman–Crippen LogP) is 8.00. The van der Waals surface area contributed by atoms with E-state index in [0.717, 1.165) is 63.1 Å². The molecule has 8 heteroatoms. The zero-order chi connectivity index (χ0) is 28.3. The van der Waals surface area contributed by atoms with Crippen molar-refractivity contribution in [2.24, 2.45) is 5.41 Å². The molecule has 0 radical (unpaired) electrons. The van der Waals surface area contributed by atoms with Crippen LogP contribution in [0.2, 0.25) is 0 Å². The van der Waals surface area contributed by atoms with Crippen LogP contribution in [-0.4, -0.2) is 24.2 Å². The fourth-order valence-electron chi connectivity index (χ4n) is 4.10. The number of esters is 1. The van der Waals surface area contributed by atoms with Gasteiger partial charge in [-0.1, -0.05) is 51.9 Å². The van der Waals surface area contributed by atoms with E-state index in [1.54, 1.807) is 12.1 Å². The second-order valence-corrected chi connectivity index (χ2v) is 10.6. The number of hydrogen-bond donors (Lipinski definition) is 0. The molecule has 0 bridgehead atoms. The van der Waals surface area contributed by atoms with E-state index in [9.17, 15) is 18.4 Å². The van der Waals surface area contributed by atoms with Gasteiger partial charge in [-0.2, -0.15) is 4.98 Å². The number of carbonyl (C=O) groups is 1. The van der Waals surface area contributed by atoms with Crippen LogP contribution in [0.5, 0.6) is 5.88 Å². The number of nitrogens with zero attached hydrogens (tertiary/aromatic N) is 1. The third-order valence-electron chi connectivity index (χ3n) is 6.96. The minimum Gasteiger partial charge on any atom is -0.478 e. The second-order valence-electron chi connectivity index (χ2n) is 10.6. The molecule has 0 amide bonds. The Kier molecular flexibility index (Phi) is 11.4. The summed E-state index contributed by atoms with van der Waals surface area (Å²) in [5.41, 5.74) is -0.835. The molecular weight excluding hydrogens is 504 g/mol. The van der Waals surface area contributed by atoms with Gasteiger partial charge in [0, 0.05) is 17.5 Å². The van der Waals surface area contributed by atoms with Gasteiger partial charge in [-0.3, -0.25) is 4.79 Å². The molecule has 0 N–H and O–H groups in total. The molecule has 0 fully saturated rings. The lowest BCUT2D eigenvalue weighted by molar-refractivity contribution is -0.154. The van der Waals surface area contributed by atoms with Crippen LogP contribution in [0.4, 0.5) is 8.78 Å². The van der Waals surface area contributed by atoms with Gasteiger partial charge in [-0.15, -0.1) is 0 Å². The van der Waals surface area contributed by atoms with Crippen LogP contribution < -0.4 is 10.4 Å². The third-order valence-corrected chi connectivity index (χ3v) is 6.96.